The largest absolute Gasteiger partial charge is 0.389 e. The molecule has 6 heteroatoms. The summed E-state index contributed by atoms with van der Waals surface area (Å²) in [7, 11) is 5.72. The van der Waals surface area contributed by atoms with Crippen molar-refractivity contribution in [2.75, 3.05) is 67.2 Å². The topological polar surface area (TPSA) is 65.4 Å². The van der Waals surface area contributed by atoms with Gasteiger partial charge in [0, 0.05) is 19.6 Å². The number of nitrogens with zero attached hydrogens (tertiary/aromatic N) is 2. The lowest BCUT2D eigenvalue weighted by atomic mass is 10.3. The van der Waals surface area contributed by atoms with Crippen LogP contribution in [0.2, 0.25) is 0 Å². The first-order valence-electron chi connectivity index (χ1n) is 6.91. The highest BCUT2D eigenvalue weighted by atomic mass is 16.5. The van der Waals surface area contributed by atoms with Gasteiger partial charge < -0.3 is 29.5 Å². The molecule has 0 saturated heterocycles. The van der Waals surface area contributed by atoms with Gasteiger partial charge in [-0.25, -0.2) is 0 Å². The molecule has 0 amide bonds. The highest BCUT2D eigenvalue weighted by Gasteiger charge is 2.08. The molecular weight excluding hydrogens is 260 g/mol. The average molecular weight is 290 g/mol. The van der Waals surface area contributed by atoms with Gasteiger partial charge in [0.05, 0.1) is 38.6 Å². The van der Waals surface area contributed by atoms with Gasteiger partial charge in [-0.1, -0.05) is 6.08 Å². The molecule has 2 N–H and O–H groups in total. The van der Waals surface area contributed by atoms with Crippen LogP contribution in [-0.4, -0.2) is 99.4 Å². The molecule has 120 valence electrons. The first kappa shape index (κ1) is 19.5. The molecule has 0 aromatic rings. The van der Waals surface area contributed by atoms with Gasteiger partial charge in [0.1, 0.15) is 0 Å². The summed E-state index contributed by atoms with van der Waals surface area (Å²) in [5.74, 6) is 0. The summed E-state index contributed by atoms with van der Waals surface area (Å²) >= 11 is 0. The van der Waals surface area contributed by atoms with E-state index in [0.717, 1.165) is 6.54 Å². The molecule has 0 fully saturated rings. The van der Waals surface area contributed by atoms with E-state index < -0.39 is 12.2 Å². The number of rotatable bonds is 13. The second kappa shape index (κ2) is 12.3. The summed E-state index contributed by atoms with van der Waals surface area (Å²) in [5.41, 5.74) is 0. The molecule has 0 aliphatic heterocycles. The second-order valence-corrected chi connectivity index (χ2v) is 5.23. The summed E-state index contributed by atoms with van der Waals surface area (Å²) in [6.07, 6.45) is 0.794. The fourth-order valence-electron chi connectivity index (χ4n) is 1.74. The third-order valence-electron chi connectivity index (χ3n) is 2.53. The van der Waals surface area contributed by atoms with Crippen molar-refractivity contribution in [3.8, 4) is 0 Å². The van der Waals surface area contributed by atoms with Gasteiger partial charge in [-0.2, -0.15) is 0 Å². The Kier molecular flexibility index (Phi) is 12.0. The number of aliphatic hydroxyl groups is 2. The Hall–Kier alpha value is -0.500. The van der Waals surface area contributed by atoms with E-state index in [9.17, 15) is 10.2 Å². The summed E-state index contributed by atoms with van der Waals surface area (Å²) in [6, 6.07) is 0. The zero-order valence-electron chi connectivity index (χ0n) is 13.0. The summed E-state index contributed by atoms with van der Waals surface area (Å²) in [4.78, 5) is 3.87. The van der Waals surface area contributed by atoms with Crippen molar-refractivity contribution in [2.45, 2.75) is 12.2 Å². The van der Waals surface area contributed by atoms with Crippen molar-refractivity contribution in [3.63, 3.8) is 0 Å². The van der Waals surface area contributed by atoms with Crippen LogP contribution in [0.15, 0.2) is 12.7 Å². The lowest BCUT2D eigenvalue weighted by Gasteiger charge is -2.19. The molecule has 0 bridgehead atoms. The van der Waals surface area contributed by atoms with Crippen molar-refractivity contribution in [3.05, 3.63) is 12.7 Å². The van der Waals surface area contributed by atoms with Crippen LogP contribution >= 0.6 is 0 Å². The van der Waals surface area contributed by atoms with Gasteiger partial charge in [0.2, 0.25) is 0 Å². The van der Waals surface area contributed by atoms with Crippen LogP contribution in [-0.2, 0) is 9.47 Å². The minimum Gasteiger partial charge on any atom is -0.389 e. The molecule has 2 unspecified atom stereocenters. The zero-order valence-corrected chi connectivity index (χ0v) is 13.0. The van der Waals surface area contributed by atoms with Crippen molar-refractivity contribution < 1.29 is 19.7 Å². The Morgan fingerprint density at radius 3 is 1.95 bits per heavy atom. The lowest BCUT2D eigenvalue weighted by molar-refractivity contribution is -0.0246. The van der Waals surface area contributed by atoms with Crippen LogP contribution < -0.4 is 0 Å². The van der Waals surface area contributed by atoms with Gasteiger partial charge in [0.15, 0.2) is 0 Å². The van der Waals surface area contributed by atoms with E-state index in [1.54, 1.807) is 6.08 Å². The number of ether oxygens (including phenoxy) is 2. The maximum absolute atomic E-state index is 9.70. The quantitative estimate of drug-likeness (QED) is 0.349. The predicted molar refractivity (Wildman–Crippen MR) is 79.9 cm³/mol. The molecule has 0 spiro atoms. The molecule has 0 aromatic carbocycles. The minimum atomic E-state index is -0.515. The van der Waals surface area contributed by atoms with Crippen LogP contribution in [0.25, 0.3) is 0 Å². The summed E-state index contributed by atoms with van der Waals surface area (Å²) in [6.45, 7) is 6.92. The van der Waals surface area contributed by atoms with E-state index in [0.29, 0.717) is 32.9 Å². The number of likely N-dealkylation sites (N-methyl/N-ethyl adjacent to an activating group) is 2. The Morgan fingerprint density at radius 2 is 1.50 bits per heavy atom. The van der Waals surface area contributed by atoms with E-state index in [1.807, 2.05) is 30.9 Å². The molecule has 0 heterocycles. The van der Waals surface area contributed by atoms with E-state index in [4.69, 9.17) is 9.47 Å². The lowest BCUT2D eigenvalue weighted by Crippen LogP contribution is -2.33. The van der Waals surface area contributed by atoms with Crippen LogP contribution in [0.1, 0.15) is 0 Å². The first-order valence-corrected chi connectivity index (χ1v) is 6.91. The minimum absolute atomic E-state index is 0.283. The van der Waals surface area contributed by atoms with Gasteiger partial charge in [-0.05, 0) is 21.1 Å². The second-order valence-electron chi connectivity index (χ2n) is 5.23. The SMILES string of the molecule is C=CCN(C)CC(O)COCCOCC(O)CN(C)C. The van der Waals surface area contributed by atoms with Crippen LogP contribution in [0.3, 0.4) is 0 Å². The fourth-order valence-corrected chi connectivity index (χ4v) is 1.74. The van der Waals surface area contributed by atoms with Crippen molar-refractivity contribution in [1.82, 2.24) is 9.80 Å². The highest BCUT2D eigenvalue weighted by Crippen LogP contribution is 1.92. The maximum atomic E-state index is 9.70. The molecule has 0 aromatic heterocycles. The van der Waals surface area contributed by atoms with Gasteiger partial charge in [-0.15, -0.1) is 6.58 Å². The third kappa shape index (κ3) is 12.5. The molecule has 2 atom stereocenters. The molecule has 0 aliphatic rings. The highest BCUT2D eigenvalue weighted by molar-refractivity contribution is 4.72. The molecule has 0 rings (SSSR count). The average Bonchev–Trinajstić information content (AvgIpc) is 2.32. The molecule has 20 heavy (non-hydrogen) atoms. The first-order chi connectivity index (χ1) is 9.45. The Labute approximate surface area is 122 Å². The van der Waals surface area contributed by atoms with E-state index in [2.05, 4.69) is 6.58 Å². The molecule has 0 radical (unpaired) electrons. The van der Waals surface area contributed by atoms with E-state index in [-0.39, 0.29) is 6.61 Å². The number of hydrogen-bond acceptors (Lipinski definition) is 6. The van der Waals surface area contributed by atoms with Crippen molar-refractivity contribution in [2.24, 2.45) is 0 Å². The smallest absolute Gasteiger partial charge is 0.0900 e. The fraction of sp³-hybridized carbons (Fsp3) is 0.857. The Morgan fingerprint density at radius 1 is 1.00 bits per heavy atom. The molecule has 6 nitrogen and oxygen atoms in total. The standard InChI is InChI=1S/C14H30N2O4/c1-5-6-16(4)10-14(18)12-20-8-7-19-11-13(17)9-15(2)3/h5,13-14,17-18H,1,6-12H2,2-4H3. The van der Waals surface area contributed by atoms with Crippen molar-refractivity contribution in [1.29, 1.82) is 0 Å². The van der Waals surface area contributed by atoms with Crippen molar-refractivity contribution >= 4 is 0 Å². The van der Waals surface area contributed by atoms with Crippen LogP contribution in [0.4, 0.5) is 0 Å². The van der Waals surface area contributed by atoms with E-state index >= 15 is 0 Å². The molecule has 0 saturated carbocycles. The maximum Gasteiger partial charge on any atom is 0.0900 e. The normalized spacial score (nSPS) is 14.8. The Balaban J connectivity index is 3.41. The zero-order chi connectivity index (χ0) is 15.4. The number of hydrogen-bond donors (Lipinski definition) is 2. The van der Waals surface area contributed by atoms with E-state index in [1.165, 1.54) is 0 Å². The summed E-state index contributed by atoms with van der Waals surface area (Å²) < 4.78 is 10.6. The predicted octanol–water partition coefficient (Wildman–Crippen LogP) is -0.579. The van der Waals surface area contributed by atoms with Gasteiger partial charge in [-0.3, -0.25) is 0 Å². The molecular formula is C14H30N2O4. The van der Waals surface area contributed by atoms with Gasteiger partial charge in [0.25, 0.3) is 0 Å². The van der Waals surface area contributed by atoms with Gasteiger partial charge >= 0.3 is 0 Å². The third-order valence-corrected chi connectivity index (χ3v) is 2.53. The van der Waals surface area contributed by atoms with Crippen LogP contribution in [0, 0.1) is 0 Å². The Bertz CT molecular complexity index is 239. The number of aliphatic hydroxyl groups excluding tert-OH is 2. The summed E-state index contributed by atoms with van der Waals surface area (Å²) in [5, 5.41) is 19.3. The molecule has 0 aliphatic carbocycles. The monoisotopic (exact) mass is 290 g/mol. The van der Waals surface area contributed by atoms with Crippen LogP contribution in [0.5, 0.6) is 0 Å².